The average molecular weight is 264 g/mol. The summed E-state index contributed by atoms with van der Waals surface area (Å²) in [6, 6.07) is 0. The van der Waals surface area contributed by atoms with E-state index in [1.807, 2.05) is 6.92 Å². The van der Waals surface area contributed by atoms with E-state index in [9.17, 15) is 10.1 Å². The van der Waals surface area contributed by atoms with E-state index in [1.165, 1.54) is 10.9 Å². The SMILES string of the molecule is CC(CO)Cn1cc(Br)c([N+](=O)[O-])n1. The molecule has 0 aliphatic carbocycles. The first-order valence-electron chi connectivity index (χ1n) is 4.02. The van der Waals surface area contributed by atoms with Crippen LogP contribution in [0.4, 0.5) is 5.82 Å². The second kappa shape index (κ2) is 4.52. The quantitative estimate of drug-likeness (QED) is 0.654. The number of aliphatic hydroxyl groups excluding tert-OH is 1. The number of nitrogens with zero attached hydrogens (tertiary/aromatic N) is 3. The molecule has 1 atom stereocenters. The molecule has 1 N–H and O–H groups in total. The third kappa shape index (κ3) is 2.52. The molecule has 78 valence electrons. The lowest BCUT2D eigenvalue weighted by Gasteiger charge is -2.03. The summed E-state index contributed by atoms with van der Waals surface area (Å²) >= 11 is 3.04. The Labute approximate surface area is 88.8 Å². The maximum Gasteiger partial charge on any atom is 0.404 e. The van der Waals surface area contributed by atoms with Crippen LogP contribution in [0.15, 0.2) is 10.7 Å². The highest BCUT2D eigenvalue weighted by Gasteiger charge is 2.19. The molecule has 1 aromatic heterocycles. The molecule has 0 saturated carbocycles. The monoisotopic (exact) mass is 263 g/mol. The van der Waals surface area contributed by atoms with Gasteiger partial charge in [0.1, 0.15) is 4.47 Å². The number of hydrogen-bond donors (Lipinski definition) is 1. The van der Waals surface area contributed by atoms with Gasteiger partial charge in [-0.2, -0.15) is 4.68 Å². The molecule has 0 fully saturated rings. The molecule has 0 aromatic carbocycles. The van der Waals surface area contributed by atoms with Crippen LogP contribution in [0.5, 0.6) is 0 Å². The van der Waals surface area contributed by atoms with Crippen LogP contribution in [0.1, 0.15) is 6.92 Å². The average Bonchev–Trinajstić information content (AvgIpc) is 2.46. The van der Waals surface area contributed by atoms with Crippen molar-refractivity contribution < 1.29 is 10.0 Å². The van der Waals surface area contributed by atoms with Gasteiger partial charge in [0.15, 0.2) is 0 Å². The van der Waals surface area contributed by atoms with Crippen LogP contribution in [-0.4, -0.2) is 26.4 Å². The molecular weight excluding hydrogens is 254 g/mol. The summed E-state index contributed by atoms with van der Waals surface area (Å²) in [5.74, 6) is -0.170. The summed E-state index contributed by atoms with van der Waals surface area (Å²) < 4.78 is 1.80. The molecule has 0 bridgehead atoms. The molecule has 1 rings (SSSR count). The lowest BCUT2D eigenvalue weighted by molar-refractivity contribution is -0.390. The molecule has 7 heteroatoms. The van der Waals surface area contributed by atoms with Crippen molar-refractivity contribution in [3.8, 4) is 0 Å². The molecule has 14 heavy (non-hydrogen) atoms. The molecular formula is C7H10BrN3O3. The molecule has 1 unspecified atom stereocenters. The molecule has 6 nitrogen and oxygen atoms in total. The molecule has 0 aliphatic heterocycles. The van der Waals surface area contributed by atoms with E-state index >= 15 is 0 Å². The van der Waals surface area contributed by atoms with Gasteiger partial charge in [-0.1, -0.05) is 6.92 Å². The first kappa shape index (κ1) is 11.1. The van der Waals surface area contributed by atoms with Gasteiger partial charge in [0, 0.05) is 12.5 Å². The Bertz CT molecular complexity index is 339. The van der Waals surface area contributed by atoms with Crippen LogP contribution >= 0.6 is 15.9 Å². The minimum Gasteiger partial charge on any atom is -0.396 e. The van der Waals surface area contributed by atoms with Crippen molar-refractivity contribution in [1.29, 1.82) is 0 Å². The van der Waals surface area contributed by atoms with Crippen molar-refractivity contribution in [3.63, 3.8) is 0 Å². The fraction of sp³-hybridized carbons (Fsp3) is 0.571. The Kier molecular flexibility index (Phi) is 3.59. The predicted molar refractivity (Wildman–Crippen MR) is 52.8 cm³/mol. The summed E-state index contributed by atoms with van der Waals surface area (Å²) in [6.07, 6.45) is 1.53. The zero-order valence-corrected chi connectivity index (χ0v) is 9.14. The highest BCUT2D eigenvalue weighted by atomic mass is 79.9. The number of aromatic nitrogens is 2. The summed E-state index contributed by atoms with van der Waals surface area (Å²) in [5.41, 5.74) is 0. The maximum absolute atomic E-state index is 10.4. The van der Waals surface area contributed by atoms with E-state index in [4.69, 9.17) is 5.11 Å². The smallest absolute Gasteiger partial charge is 0.396 e. The zero-order valence-electron chi connectivity index (χ0n) is 7.55. The third-order valence-electron chi connectivity index (χ3n) is 1.68. The van der Waals surface area contributed by atoms with Crippen LogP contribution < -0.4 is 0 Å². The molecule has 0 radical (unpaired) electrons. The molecule has 1 aromatic rings. The van der Waals surface area contributed by atoms with E-state index in [0.717, 1.165) is 0 Å². The Hall–Kier alpha value is -0.950. The largest absolute Gasteiger partial charge is 0.404 e. The molecule has 0 aliphatic rings. The van der Waals surface area contributed by atoms with Crippen LogP contribution in [0, 0.1) is 16.0 Å². The summed E-state index contributed by atoms with van der Waals surface area (Å²) in [7, 11) is 0. The van der Waals surface area contributed by atoms with E-state index in [-0.39, 0.29) is 18.3 Å². The Morgan fingerprint density at radius 1 is 1.86 bits per heavy atom. The number of rotatable bonds is 4. The molecule has 1 heterocycles. The lowest BCUT2D eigenvalue weighted by Crippen LogP contribution is -2.11. The summed E-state index contributed by atoms with van der Waals surface area (Å²) in [4.78, 5) is 9.89. The minimum absolute atomic E-state index is 0.0291. The first-order chi connectivity index (χ1) is 6.54. The maximum atomic E-state index is 10.4. The van der Waals surface area contributed by atoms with Crippen LogP contribution in [0.2, 0.25) is 0 Å². The van der Waals surface area contributed by atoms with Crippen molar-refractivity contribution in [1.82, 2.24) is 9.78 Å². The molecule has 0 spiro atoms. The first-order valence-corrected chi connectivity index (χ1v) is 4.82. The number of halogens is 1. The minimum atomic E-state index is -0.551. The van der Waals surface area contributed by atoms with Crippen molar-refractivity contribution >= 4 is 21.7 Å². The lowest BCUT2D eigenvalue weighted by atomic mass is 10.2. The fourth-order valence-electron chi connectivity index (χ4n) is 0.981. The highest BCUT2D eigenvalue weighted by Crippen LogP contribution is 2.22. The third-order valence-corrected chi connectivity index (χ3v) is 2.24. The normalized spacial score (nSPS) is 12.8. The topological polar surface area (TPSA) is 81.2 Å². The van der Waals surface area contributed by atoms with Gasteiger partial charge in [-0.3, -0.25) is 0 Å². The van der Waals surface area contributed by atoms with Gasteiger partial charge in [0.2, 0.25) is 0 Å². The number of nitro groups is 1. The predicted octanol–water partition coefficient (Wildman–Crippen LogP) is 1.18. The summed E-state index contributed by atoms with van der Waals surface area (Å²) in [5, 5.41) is 23.0. The Morgan fingerprint density at radius 3 is 2.93 bits per heavy atom. The van der Waals surface area contributed by atoms with Gasteiger partial charge in [-0.15, -0.1) is 0 Å². The zero-order chi connectivity index (χ0) is 10.7. The van der Waals surface area contributed by atoms with Crippen molar-refractivity contribution in [2.24, 2.45) is 5.92 Å². The van der Waals surface area contributed by atoms with Crippen LogP contribution in [0.25, 0.3) is 0 Å². The van der Waals surface area contributed by atoms with Gasteiger partial charge in [0.05, 0.1) is 17.8 Å². The van der Waals surface area contributed by atoms with E-state index in [1.54, 1.807) is 0 Å². The van der Waals surface area contributed by atoms with Crippen LogP contribution in [-0.2, 0) is 6.54 Å². The van der Waals surface area contributed by atoms with E-state index < -0.39 is 4.92 Å². The highest BCUT2D eigenvalue weighted by molar-refractivity contribution is 9.10. The number of aliphatic hydroxyl groups is 1. The van der Waals surface area contributed by atoms with Crippen molar-refractivity contribution in [3.05, 3.63) is 20.8 Å². The van der Waals surface area contributed by atoms with Gasteiger partial charge < -0.3 is 15.2 Å². The van der Waals surface area contributed by atoms with Gasteiger partial charge in [-0.25, -0.2) is 0 Å². The van der Waals surface area contributed by atoms with Gasteiger partial charge >= 0.3 is 5.82 Å². The van der Waals surface area contributed by atoms with E-state index in [2.05, 4.69) is 21.0 Å². The summed E-state index contributed by atoms with van der Waals surface area (Å²) in [6.45, 7) is 2.33. The van der Waals surface area contributed by atoms with Crippen LogP contribution in [0.3, 0.4) is 0 Å². The molecule has 0 amide bonds. The van der Waals surface area contributed by atoms with Crippen molar-refractivity contribution in [2.75, 3.05) is 6.61 Å². The Balaban J connectivity index is 2.81. The standard InChI is InChI=1S/C7H10BrN3O3/c1-5(4-12)2-10-3-6(8)7(9-10)11(13)14/h3,5,12H,2,4H2,1H3. The molecule has 0 saturated heterocycles. The van der Waals surface area contributed by atoms with Crippen molar-refractivity contribution in [2.45, 2.75) is 13.5 Å². The fourth-order valence-corrected chi connectivity index (χ4v) is 1.44. The van der Waals surface area contributed by atoms with Gasteiger partial charge in [0.25, 0.3) is 0 Å². The number of hydrogen-bond acceptors (Lipinski definition) is 4. The second-order valence-electron chi connectivity index (χ2n) is 3.07. The second-order valence-corrected chi connectivity index (χ2v) is 3.92. The Morgan fingerprint density at radius 2 is 2.50 bits per heavy atom. The van der Waals surface area contributed by atoms with Gasteiger partial charge in [-0.05, 0) is 20.9 Å². The van der Waals surface area contributed by atoms with E-state index in [0.29, 0.717) is 11.0 Å².